The van der Waals surface area contributed by atoms with Gasteiger partial charge in [-0.05, 0) is 17.8 Å². The van der Waals surface area contributed by atoms with Crippen LogP contribution in [-0.4, -0.2) is 39.1 Å². The smallest absolute Gasteiger partial charge is 0.104 e. The van der Waals surface area contributed by atoms with E-state index in [0.717, 1.165) is 19.8 Å². The van der Waals surface area contributed by atoms with Crippen molar-refractivity contribution in [2.45, 2.75) is 92.2 Å². The molecular formula is C21H56O3. The van der Waals surface area contributed by atoms with Crippen molar-refractivity contribution in [3.8, 4) is 0 Å². The second-order valence-electron chi connectivity index (χ2n) is 6.21. The molecule has 0 aromatic rings. The molecule has 0 aliphatic rings. The average Bonchev–Trinajstić information content (AvgIpc) is 2.24. The van der Waals surface area contributed by atoms with Gasteiger partial charge in [0.25, 0.3) is 0 Å². The molecule has 0 saturated carbocycles. The predicted octanol–water partition coefficient (Wildman–Crippen LogP) is 7.19. The van der Waals surface area contributed by atoms with E-state index >= 15 is 0 Å². The molecule has 0 aromatic heterocycles. The molecule has 0 aliphatic carbocycles. The Bertz CT molecular complexity index is 166. The van der Waals surface area contributed by atoms with E-state index < -0.39 is 0 Å². The third-order valence-corrected chi connectivity index (χ3v) is 2.18. The van der Waals surface area contributed by atoms with Crippen LogP contribution in [0, 0.1) is 17.8 Å². The van der Waals surface area contributed by atoms with Crippen LogP contribution < -0.4 is 0 Å². The summed E-state index contributed by atoms with van der Waals surface area (Å²) in [5.41, 5.74) is 0. The summed E-state index contributed by atoms with van der Waals surface area (Å²) >= 11 is 0. The van der Waals surface area contributed by atoms with Crippen LogP contribution in [0.4, 0.5) is 0 Å². The summed E-state index contributed by atoms with van der Waals surface area (Å²) < 4.78 is 17.1. The van der Waals surface area contributed by atoms with Gasteiger partial charge in [0, 0.05) is 19.8 Å². The molecule has 158 valence electrons. The van der Waals surface area contributed by atoms with E-state index in [0.29, 0.717) is 31.0 Å². The topological polar surface area (TPSA) is 27.7 Å². The fraction of sp³-hybridized carbons (Fsp3) is 1.00. The van der Waals surface area contributed by atoms with Gasteiger partial charge >= 0.3 is 0 Å². The Morgan fingerprint density at radius 1 is 0.458 bits per heavy atom. The molecule has 0 N–H and O–H groups in total. The third kappa shape index (κ3) is 33.5. The highest BCUT2D eigenvalue weighted by molar-refractivity contribution is 4.58. The molecule has 0 saturated heterocycles. The summed E-state index contributed by atoms with van der Waals surface area (Å²) in [6.45, 7) is 16.5. The summed E-state index contributed by atoms with van der Waals surface area (Å²) in [5, 5.41) is 0. The second kappa shape index (κ2) is 27.7. The minimum absolute atomic E-state index is 0. The maximum Gasteiger partial charge on any atom is 0.104 e. The monoisotopic (exact) mass is 356 g/mol. The van der Waals surface area contributed by atoms with Crippen molar-refractivity contribution in [3.63, 3.8) is 0 Å². The van der Waals surface area contributed by atoms with Gasteiger partial charge in [-0.3, -0.25) is 0 Å². The Labute approximate surface area is 157 Å². The highest BCUT2D eigenvalue weighted by Crippen LogP contribution is 2.03. The molecule has 3 heteroatoms. The SMILES string of the molecule is C.C.C.C.C.C.CC(C)COCC(COCC(C)C)OCC(C)C. The third-order valence-electron chi connectivity index (χ3n) is 2.18. The number of rotatable bonds is 11. The highest BCUT2D eigenvalue weighted by Gasteiger charge is 2.11. The van der Waals surface area contributed by atoms with Crippen LogP contribution >= 0.6 is 0 Å². The second-order valence-corrected chi connectivity index (χ2v) is 6.21. The Balaban J connectivity index is -0.0000000963. The molecule has 0 unspecified atom stereocenters. The average molecular weight is 357 g/mol. The van der Waals surface area contributed by atoms with Crippen molar-refractivity contribution < 1.29 is 14.2 Å². The normalized spacial score (nSPS) is 9.25. The fourth-order valence-electron chi connectivity index (χ4n) is 1.34. The zero-order chi connectivity index (χ0) is 14.0. The summed E-state index contributed by atoms with van der Waals surface area (Å²) in [6, 6.07) is 0. The minimum atomic E-state index is 0. The Hall–Kier alpha value is -0.120. The van der Waals surface area contributed by atoms with Crippen molar-refractivity contribution in [2.75, 3.05) is 33.0 Å². The van der Waals surface area contributed by atoms with Gasteiger partial charge < -0.3 is 14.2 Å². The fourth-order valence-corrected chi connectivity index (χ4v) is 1.34. The molecule has 0 heterocycles. The van der Waals surface area contributed by atoms with E-state index in [1.165, 1.54) is 0 Å². The molecule has 0 amide bonds. The van der Waals surface area contributed by atoms with Gasteiger partial charge in [0.1, 0.15) is 6.10 Å². The van der Waals surface area contributed by atoms with E-state index in [1.54, 1.807) is 0 Å². The van der Waals surface area contributed by atoms with E-state index in [2.05, 4.69) is 41.5 Å². The molecule has 0 atom stereocenters. The summed E-state index contributed by atoms with van der Waals surface area (Å²) in [6.07, 6.45) is 0.0601. The Kier molecular flexibility index (Phi) is 50.7. The summed E-state index contributed by atoms with van der Waals surface area (Å²) in [4.78, 5) is 0. The van der Waals surface area contributed by atoms with Crippen LogP contribution in [0.2, 0.25) is 0 Å². The van der Waals surface area contributed by atoms with Crippen LogP contribution in [0.1, 0.15) is 86.1 Å². The summed E-state index contributed by atoms with van der Waals surface area (Å²) in [5.74, 6) is 1.67. The van der Waals surface area contributed by atoms with E-state index in [4.69, 9.17) is 14.2 Å². The lowest BCUT2D eigenvalue weighted by Crippen LogP contribution is -2.28. The van der Waals surface area contributed by atoms with Gasteiger partial charge in [-0.2, -0.15) is 0 Å². The van der Waals surface area contributed by atoms with Crippen LogP contribution in [0.25, 0.3) is 0 Å². The zero-order valence-corrected chi connectivity index (χ0v) is 13.1. The first-order valence-electron chi connectivity index (χ1n) is 7.18. The van der Waals surface area contributed by atoms with Gasteiger partial charge in [-0.1, -0.05) is 86.1 Å². The quantitative estimate of drug-likeness (QED) is 0.392. The standard InChI is InChI=1S/C15H32O3.6CH4/c1-12(2)7-16-10-15(18-9-14(5)6)11-17-8-13(3)4;;;;;;/h12-15H,7-11H2,1-6H3;6*1H4. The van der Waals surface area contributed by atoms with Gasteiger partial charge in [0.2, 0.25) is 0 Å². The van der Waals surface area contributed by atoms with E-state index in [9.17, 15) is 0 Å². The van der Waals surface area contributed by atoms with E-state index in [1.807, 2.05) is 0 Å². The first kappa shape index (κ1) is 43.9. The maximum absolute atomic E-state index is 5.82. The number of ether oxygens (including phenoxy) is 3. The molecule has 0 bridgehead atoms. The first-order valence-corrected chi connectivity index (χ1v) is 7.18. The molecule has 0 rings (SSSR count). The first-order chi connectivity index (χ1) is 8.41. The van der Waals surface area contributed by atoms with Gasteiger partial charge in [-0.15, -0.1) is 0 Å². The van der Waals surface area contributed by atoms with E-state index in [-0.39, 0.29) is 50.7 Å². The van der Waals surface area contributed by atoms with Gasteiger partial charge in [0.15, 0.2) is 0 Å². The van der Waals surface area contributed by atoms with Crippen molar-refractivity contribution >= 4 is 0 Å². The number of hydrogen-bond acceptors (Lipinski definition) is 3. The molecule has 0 aliphatic heterocycles. The zero-order valence-electron chi connectivity index (χ0n) is 13.1. The molecular weight excluding hydrogens is 300 g/mol. The highest BCUT2D eigenvalue weighted by atomic mass is 16.6. The van der Waals surface area contributed by atoms with Crippen molar-refractivity contribution in [3.05, 3.63) is 0 Å². The summed E-state index contributed by atoms with van der Waals surface area (Å²) in [7, 11) is 0. The predicted molar refractivity (Wildman–Crippen MR) is 116 cm³/mol. The molecule has 0 fully saturated rings. The Morgan fingerprint density at radius 2 is 0.750 bits per heavy atom. The lowest BCUT2D eigenvalue weighted by Gasteiger charge is -2.20. The lowest BCUT2D eigenvalue weighted by atomic mass is 10.2. The molecule has 0 aromatic carbocycles. The van der Waals surface area contributed by atoms with Crippen molar-refractivity contribution in [1.29, 1.82) is 0 Å². The molecule has 0 radical (unpaired) electrons. The van der Waals surface area contributed by atoms with Gasteiger partial charge in [-0.25, -0.2) is 0 Å². The van der Waals surface area contributed by atoms with Crippen LogP contribution in [-0.2, 0) is 14.2 Å². The molecule has 24 heavy (non-hydrogen) atoms. The molecule has 3 nitrogen and oxygen atoms in total. The van der Waals surface area contributed by atoms with Gasteiger partial charge in [0.05, 0.1) is 13.2 Å². The van der Waals surface area contributed by atoms with Crippen LogP contribution in [0.3, 0.4) is 0 Å². The van der Waals surface area contributed by atoms with Crippen LogP contribution in [0.15, 0.2) is 0 Å². The minimum Gasteiger partial charge on any atom is -0.378 e. The van der Waals surface area contributed by atoms with Crippen molar-refractivity contribution in [2.24, 2.45) is 17.8 Å². The molecule has 0 spiro atoms. The lowest BCUT2D eigenvalue weighted by molar-refractivity contribution is -0.0726. The number of hydrogen-bond donors (Lipinski definition) is 0. The van der Waals surface area contributed by atoms with Crippen molar-refractivity contribution in [1.82, 2.24) is 0 Å². The Morgan fingerprint density at radius 3 is 1.00 bits per heavy atom. The largest absolute Gasteiger partial charge is 0.378 e. The van der Waals surface area contributed by atoms with Crippen LogP contribution in [0.5, 0.6) is 0 Å². The maximum atomic E-state index is 5.82.